The SMILES string of the molecule is Cc1ccc(C(=O)N2CCC(OC3CCN(CC(=O)N(CC/C=C/c4cnc(N)c5c(-c6ccc(C(=O)Nc7cc(C(F)(F)F)ccn7)cc6)[nH]nc45)CCC(=O)NC4CCCCC4)CC3)CC2)cc1N1CCC(=O)NC1=O. The summed E-state index contributed by atoms with van der Waals surface area (Å²) in [5, 5.41) is 16.1. The van der Waals surface area contributed by atoms with Crippen LogP contribution in [-0.2, 0) is 25.3 Å². The van der Waals surface area contributed by atoms with E-state index in [0.29, 0.717) is 91.0 Å². The number of likely N-dealkylation sites (tertiary alicyclic amines) is 2. The molecule has 0 atom stereocenters. The Balaban J connectivity index is 0.770. The number of H-pyrrole nitrogens is 1. The van der Waals surface area contributed by atoms with Crippen molar-refractivity contribution in [2.75, 3.05) is 68.3 Å². The first-order valence-corrected chi connectivity index (χ1v) is 26.8. The third kappa shape index (κ3) is 13.7. The Morgan fingerprint density at radius 2 is 1.59 bits per heavy atom. The highest BCUT2D eigenvalue weighted by molar-refractivity contribution is 6.07. The average molecular weight is 1080 g/mol. The molecule has 6 N–H and O–H groups in total. The number of nitrogens with two attached hydrogens (primary N) is 1. The molecule has 3 aliphatic heterocycles. The summed E-state index contributed by atoms with van der Waals surface area (Å²) in [6.07, 6.45) is 10.9. The van der Waals surface area contributed by atoms with Gasteiger partial charge in [-0.3, -0.25) is 44.2 Å². The molecule has 5 aromatic rings. The van der Waals surface area contributed by atoms with Gasteiger partial charge < -0.3 is 30.9 Å². The van der Waals surface area contributed by atoms with E-state index in [1.807, 2.05) is 30.0 Å². The molecule has 0 spiro atoms. The summed E-state index contributed by atoms with van der Waals surface area (Å²) >= 11 is 0. The van der Waals surface area contributed by atoms with Crippen molar-refractivity contribution in [1.29, 1.82) is 0 Å². The third-order valence-corrected chi connectivity index (χ3v) is 15.0. The van der Waals surface area contributed by atoms with Gasteiger partial charge in [0.05, 0.1) is 35.4 Å². The fourth-order valence-corrected chi connectivity index (χ4v) is 10.6. The summed E-state index contributed by atoms with van der Waals surface area (Å²) in [6.45, 7) is 5.39. The van der Waals surface area contributed by atoms with E-state index in [9.17, 15) is 41.9 Å². The molecule has 19 nitrogen and oxygen atoms in total. The summed E-state index contributed by atoms with van der Waals surface area (Å²) in [7, 11) is 0. The number of imide groups is 1. The number of pyridine rings is 2. The number of fused-ring (bicyclic) bond motifs is 1. The number of rotatable bonds is 17. The molecule has 1 aliphatic carbocycles. The van der Waals surface area contributed by atoms with E-state index < -0.39 is 23.7 Å². The topological polar surface area (TPSA) is 241 Å². The number of aromatic amines is 1. The quantitative estimate of drug-likeness (QED) is 0.0609. The van der Waals surface area contributed by atoms with Crippen molar-refractivity contribution < 1.29 is 46.7 Å². The number of anilines is 3. The Hall–Kier alpha value is -7.72. The number of nitrogen functional groups attached to an aromatic ring is 1. The van der Waals surface area contributed by atoms with Gasteiger partial charge in [0.1, 0.15) is 17.2 Å². The van der Waals surface area contributed by atoms with Crippen LogP contribution in [0.15, 0.2) is 73.1 Å². The number of urea groups is 1. The number of amides is 7. The molecule has 412 valence electrons. The van der Waals surface area contributed by atoms with E-state index in [-0.39, 0.29) is 91.6 Å². The fraction of sp³-hybridized carbons (Fsp3) is 0.446. The zero-order valence-electron chi connectivity index (χ0n) is 43.6. The number of alkyl halides is 3. The molecule has 6 heterocycles. The highest BCUT2D eigenvalue weighted by Gasteiger charge is 2.33. The number of hydrogen-bond donors (Lipinski definition) is 5. The van der Waals surface area contributed by atoms with Crippen LogP contribution in [0.3, 0.4) is 0 Å². The van der Waals surface area contributed by atoms with E-state index in [2.05, 4.69) is 41.0 Å². The first kappa shape index (κ1) is 55.0. The van der Waals surface area contributed by atoms with Gasteiger partial charge in [0.25, 0.3) is 11.8 Å². The Bertz CT molecular complexity index is 3040. The number of nitrogens with zero attached hydrogens (tertiary/aromatic N) is 7. The summed E-state index contributed by atoms with van der Waals surface area (Å²) in [5.74, 6) is -1.22. The number of carbonyl (C=O) groups excluding carboxylic acids is 6. The van der Waals surface area contributed by atoms with Crippen LogP contribution in [0.1, 0.15) is 114 Å². The molecule has 0 radical (unpaired) electrons. The maximum absolute atomic E-state index is 14.1. The maximum atomic E-state index is 14.1. The van der Waals surface area contributed by atoms with Gasteiger partial charge >= 0.3 is 12.2 Å². The summed E-state index contributed by atoms with van der Waals surface area (Å²) < 4.78 is 46.2. The van der Waals surface area contributed by atoms with Crippen molar-refractivity contribution >= 4 is 69.9 Å². The number of ether oxygens (including phenoxy) is 1. The fourth-order valence-electron chi connectivity index (χ4n) is 10.6. The molecular weight excluding hydrogens is 1010 g/mol. The summed E-state index contributed by atoms with van der Waals surface area (Å²) in [6, 6.07) is 13.0. The second-order valence-corrected chi connectivity index (χ2v) is 20.5. The first-order valence-electron chi connectivity index (χ1n) is 26.8. The number of benzene rings is 2. The smallest absolute Gasteiger partial charge is 0.383 e. The van der Waals surface area contributed by atoms with Crippen LogP contribution in [0.5, 0.6) is 0 Å². The van der Waals surface area contributed by atoms with Crippen LogP contribution in [-0.4, -0.2) is 141 Å². The van der Waals surface area contributed by atoms with Gasteiger partial charge in [0, 0.05) is 105 Å². The van der Waals surface area contributed by atoms with Crippen molar-refractivity contribution in [3.05, 3.63) is 101 Å². The standard InChI is InChI=1S/C56H65F3N12O7/c1-35-10-11-38(31-44(35)71-30-22-47(73)65-55(71)77)54(76)70-27-19-43(20-28-70)78-42-17-25-68(26-18-42)34-48(74)69(29-21-46(72)63-41-8-3-2-4-9-41)24-6-5-7-39-33-62-52(60)49-50(66-67-51(39)49)36-12-14-37(15-13-36)53(75)64-45-32-40(16-23-61-45)56(57,58)59/h5,7,10-16,23,31-33,41-43H,2-4,6,8-9,17-22,24-30,34H2,1H3,(H2,60,62)(H,63,72)(H,66,67)(H,61,64,75)(H,65,73,77)/b7-5+. The van der Waals surface area contributed by atoms with Crippen LogP contribution in [0.25, 0.3) is 28.2 Å². The second kappa shape index (κ2) is 24.7. The highest BCUT2D eigenvalue weighted by atomic mass is 19.4. The number of aromatic nitrogens is 4. The van der Waals surface area contributed by atoms with Gasteiger partial charge in [-0.05, 0) is 93.8 Å². The Morgan fingerprint density at radius 1 is 0.872 bits per heavy atom. The number of nitrogens with one attached hydrogen (secondary N) is 4. The molecule has 4 fully saturated rings. The number of carbonyl (C=O) groups is 6. The van der Waals surface area contributed by atoms with Gasteiger partial charge in [0.2, 0.25) is 17.7 Å². The molecule has 0 bridgehead atoms. The van der Waals surface area contributed by atoms with E-state index >= 15 is 0 Å². The zero-order chi connectivity index (χ0) is 54.9. The van der Waals surface area contributed by atoms with Gasteiger partial charge in [-0.15, -0.1) is 0 Å². The van der Waals surface area contributed by atoms with Crippen molar-refractivity contribution in [1.82, 2.24) is 45.5 Å². The number of hydrogen-bond acceptors (Lipinski definition) is 12. The number of halogens is 3. The first-order chi connectivity index (χ1) is 37.6. The van der Waals surface area contributed by atoms with Crippen molar-refractivity contribution in [2.45, 2.75) is 108 Å². The summed E-state index contributed by atoms with van der Waals surface area (Å²) in [4.78, 5) is 93.5. The van der Waals surface area contributed by atoms with E-state index in [1.165, 1.54) is 23.5 Å². The van der Waals surface area contributed by atoms with Gasteiger partial charge in [-0.2, -0.15) is 18.3 Å². The number of piperidine rings is 2. The molecule has 2 aromatic carbocycles. The lowest BCUT2D eigenvalue weighted by atomic mass is 9.95. The van der Waals surface area contributed by atoms with E-state index in [1.54, 1.807) is 35.4 Å². The lowest BCUT2D eigenvalue weighted by Gasteiger charge is -2.37. The van der Waals surface area contributed by atoms with E-state index in [0.717, 1.165) is 62.4 Å². The molecule has 4 aliphatic rings. The molecule has 78 heavy (non-hydrogen) atoms. The minimum Gasteiger partial charge on any atom is -0.383 e. The molecule has 7 amide bonds. The number of aryl methyl sites for hydroxylation is 1. The molecule has 22 heteroatoms. The van der Waals surface area contributed by atoms with Crippen LogP contribution in [0.4, 0.5) is 35.3 Å². The normalized spacial score (nSPS) is 17.4. The highest BCUT2D eigenvalue weighted by Crippen LogP contribution is 2.34. The molecule has 0 unspecified atom stereocenters. The van der Waals surface area contributed by atoms with Crippen molar-refractivity contribution in [2.24, 2.45) is 0 Å². The van der Waals surface area contributed by atoms with Crippen LogP contribution < -0.4 is 26.6 Å². The van der Waals surface area contributed by atoms with Gasteiger partial charge in [0.15, 0.2) is 0 Å². The van der Waals surface area contributed by atoms with Crippen LogP contribution >= 0.6 is 0 Å². The predicted octanol–water partition coefficient (Wildman–Crippen LogP) is 7.48. The molecule has 9 rings (SSSR count). The molecule has 3 saturated heterocycles. The lowest BCUT2D eigenvalue weighted by molar-refractivity contribution is -0.137. The average Bonchev–Trinajstić information content (AvgIpc) is 3.97. The minimum absolute atomic E-state index is 0.000732. The Kier molecular flexibility index (Phi) is 17.5. The van der Waals surface area contributed by atoms with Crippen molar-refractivity contribution in [3.8, 4) is 11.3 Å². The maximum Gasteiger partial charge on any atom is 0.416 e. The third-order valence-electron chi connectivity index (χ3n) is 15.0. The lowest BCUT2D eigenvalue weighted by Crippen LogP contribution is -2.50. The molecule has 3 aromatic heterocycles. The largest absolute Gasteiger partial charge is 0.416 e. The van der Waals surface area contributed by atoms with Gasteiger partial charge in [-0.25, -0.2) is 14.8 Å². The molecule has 1 saturated carbocycles. The minimum atomic E-state index is -4.59. The van der Waals surface area contributed by atoms with Crippen LogP contribution in [0.2, 0.25) is 0 Å². The van der Waals surface area contributed by atoms with Gasteiger partial charge in [-0.1, -0.05) is 49.6 Å². The Morgan fingerprint density at radius 3 is 2.31 bits per heavy atom. The monoisotopic (exact) mass is 1070 g/mol. The predicted molar refractivity (Wildman–Crippen MR) is 287 cm³/mol. The van der Waals surface area contributed by atoms with Crippen molar-refractivity contribution in [3.63, 3.8) is 0 Å². The van der Waals surface area contributed by atoms with E-state index in [4.69, 9.17) is 10.5 Å². The molecular formula is C56H65F3N12O7. The van der Waals surface area contributed by atoms with Crippen LogP contribution in [0, 0.1) is 6.92 Å². The zero-order valence-corrected chi connectivity index (χ0v) is 43.6. The summed E-state index contributed by atoms with van der Waals surface area (Å²) in [5.41, 5.74) is 9.96. The second-order valence-electron chi connectivity index (χ2n) is 20.5. The Labute approximate surface area is 449 Å².